The van der Waals surface area contributed by atoms with Gasteiger partial charge in [-0.3, -0.25) is 5.43 Å². The van der Waals surface area contributed by atoms with Crippen molar-refractivity contribution >= 4 is 11.9 Å². The molecule has 1 aromatic rings. The molecular weight excluding hydrogens is 272 g/mol. The number of aromatic nitrogens is 3. The summed E-state index contributed by atoms with van der Waals surface area (Å²) in [6.45, 7) is 8.24. The van der Waals surface area contributed by atoms with Crippen LogP contribution in [0.3, 0.4) is 0 Å². The summed E-state index contributed by atoms with van der Waals surface area (Å²) >= 11 is 0. The lowest BCUT2D eigenvalue weighted by Gasteiger charge is -2.20. The zero-order chi connectivity index (χ0) is 15.8. The van der Waals surface area contributed by atoms with Crippen molar-refractivity contribution in [2.24, 2.45) is 11.8 Å². The fourth-order valence-electron chi connectivity index (χ4n) is 1.96. The highest BCUT2D eigenvalue weighted by Crippen LogP contribution is 2.15. The Morgan fingerprint density at radius 3 is 2.29 bits per heavy atom. The molecule has 0 amide bonds. The van der Waals surface area contributed by atoms with Crippen molar-refractivity contribution in [2.75, 3.05) is 17.3 Å². The molecule has 8 heteroatoms. The lowest BCUT2D eigenvalue weighted by atomic mass is 9.97. The molecule has 0 saturated carbocycles. The maximum atomic E-state index is 10.1. The van der Waals surface area contributed by atoms with Crippen LogP contribution in [0.2, 0.25) is 0 Å². The zero-order valence-electron chi connectivity index (χ0n) is 13.1. The van der Waals surface area contributed by atoms with Crippen molar-refractivity contribution in [3.8, 4) is 6.01 Å². The van der Waals surface area contributed by atoms with Crippen molar-refractivity contribution in [3.05, 3.63) is 0 Å². The van der Waals surface area contributed by atoms with Crippen molar-refractivity contribution in [2.45, 2.75) is 52.7 Å². The number of nitrogens with one attached hydrogen (secondary N) is 2. The number of ether oxygens (including phenoxy) is 1. The van der Waals surface area contributed by atoms with E-state index in [4.69, 9.17) is 10.6 Å². The van der Waals surface area contributed by atoms with E-state index >= 15 is 0 Å². The Hall–Kier alpha value is -1.67. The summed E-state index contributed by atoms with van der Waals surface area (Å²) in [6, 6.07) is 0.187. The minimum atomic E-state index is -0.458. The summed E-state index contributed by atoms with van der Waals surface area (Å²) in [6.07, 6.45) is 1.34. The highest BCUT2D eigenvalue weighted by atomic mass is 16.5. The van der Waals surface area contributed by atoms with Gasteiger partial charge in [-0.05, 0) is 19.8 Å². The first-order valence-corrected chi connectivity index (χ1v) is 7.31. The molecule has 5 N–H and O–H groups in total. The van der Waals surface area contributed by atoms with Gasteiger partial charge >= 0.3 is 6.01 Å². The molecular formula is C13H26N6O2. The summed E-state index contributed by atoms with van der Waals surface area (Å²) in [5, 5.41) is 13.1. The number of rotatable bonds is 9. The summed E-state index contributed by atoms with van der Waals surface area (Å²) in [4.78, 5) is 12.2. The van der Waals surface area contributed by atoms with Gasteiger partial charge in [0.2, 0.25) is 11.9 Å². The van der Waals surface area contributed by atoms with E-state index in [2.05, 4.69) is 39.5 Å². The standard InChI is InChI=1S/C13H26N6O2/c1-5-9(6-2)10(20)7-15-11-16-12(19-14)18-13(17-11)21-8(3)4/h8-10,20H,5-7,14H2,1-4H3,(H2,15,16,17,18,19). The average molecular weight is 298 g/mol. The molecule has 8 nitrogen and oxygen atoms in total. The van der Waals surface area contributed by atoms with Gasteiger partial charge in [-0.2, -0.15) is 15.0 Å². The molecule has 0 aromatic carbocycles. The van der Waals surface area contributed by atoms with Crippen LogP contribution in [0.5, 0.6) is 6.01 Å². The van der Waals surface area contributed by atoms with Gasteiger partial charge in [0.15, 0.2) is 0 Å². The van der Waals surface area contributed by atoms with Gasteiger partial charge < -0.3 is 15.2 Å². The van der Waals surface area contributed by atoms with Gasteiger partial charge in [-0.1, -0.05) is 26.7 Å². The second-order valence-electron chi connectivity index (χ2n) is 5.10. The quantitative estimate of drug-likeness (QED) is 0.396. The monoisotopic (exact) mass is 298 g/mol. The van der Waals surface area contributed by atoms with Crippen LogP contribution in [-0.2, 0) is 0 Å². The molecule has 0 aliphatic rings. The number of aliphatic hydroxyl groups is 1. The van der Waals surface area contributed by atoms with Gasteiger partial charge in [0, 0.05) is 6.54 Å². The van der Waals surface area contributed by atoms with Crippen LogP contribution in [0.15, 0.2) is 0 Å². The van der Waals surface area contributed by atoms with E-state index in [-0.39, 0.29) is 24.0 Å². The highest BCUT2D eigenvalue weighted by Gasteiger charge is 2.16. The van der Waals surface area contributed by atoms with E-state index in [9.17, 15) is 5.11 Å². The highest BCUT2D eigenvalue weighted by molar-refractivity contribution is 5.35. The van der Waals surface area contributed by atoms with Gasteiger partial charge in [0.25, 0.3) is 0 Å². The Bertz CT molecular complexity index is 425. The molecule has 120 valence electrons. The van der Waals surface area contributed by atoms with Crippen molar-refractivity contribution in [1.82, 2.24) is 15.0 Å². The second kappa shape index (κ2) is 8.58. The molecule has 0 aliphatic heterocycles. The third kappa shape index (κ3) is 5.68. The molecule has 0 fully saturated rings. The number of anilines is 2. The van der Waals surface area contributed by atoms with Crippen LogP contribution in [-0.4, -0.2) is 38.8 Å². The first kappa shape index (κ1) is 17.4. The van der Waals surface area contributed by atoms with Crippen LogP contribution in [0.4, 0.5) is 11.9 Å². The molecule has 1 heterocycles. The molecule has 1 atom stereocenters. The topological polar surface area (TPSA) is 118 Å². The number of aliphatic hydroxyl groups excluding tert-OH is 1. The number of hydrogen-bond acceptors (Lipinski definition) is 8. The molecule has 0 aliphatic carbocycles. The molecule has 1 rings (SSSR count). The smallest absolute Gasteiger partial charge is 0.323 e. The molecule has 1 unspecified atom stereocenters. The predicted octanol–water partition coefficient (Wildman–Crippen LogP) is 1.15. The van der Waals surface area contributed by atoms with Crippen LogP contribution >= 0.6 is 0 Å². The minimum Gasteiger partial charge on any atom is -0.461 e. The minimum absolute atomic E-state index is 0.0546. The molecule has 0 radical (unpaired) electrons. The first-order chi connectivity index (χ1) is 9.99. The average Bonchev–Trinajstić information content (AvgIpc) is 2.45. The van der Waals surface area contributed by atoms with Crippen LogP contribution in [0, 0.1) is 5.92 Å². The van der Waals surface area contributed by atoms with Crippen LogP contribution < -0.4 is 21.3 Å². The molecule has 0 spiro atoms. The molecule has 0 bridgehead atoms. The van der Waals surface area contributed by atoms with Crippen molar-refractivity contribution < 1.29 is 9.84 Å². The second-order valence-corrected chi connectivity index (χ2v) is 5.10. The Morgan fingerprint density at radius 2 is 1.76 bits per heavy atom. The largest absolute Gasteiger partial charge is 0.461 e. The maximum absolute atomic E-state index is 10.1. The Morgan fingerprint density at radius 1 is 1.14 bits per heavy atom. The lowest BCUT2D eigenvalue weighted by Crippen LogP contribution is -2.28. The fraction of sp³-hybridized carbons (Fsp3) is 0.769. The summed E-state index contributed by atoms with van der Waals surface area (Å²) < 4.78 is 5.43. The predicted molar refractivity (Wildman–Crippen MR) is 82.0 cm³/mol. The van der Waals surface area contributed by atoms with Crippen LogP contribution in [0.1, 0.15) is 40.5 Å². The third-order valence-electron chi connectivity index (χ3n) is 3.15. The maximum Gasteiger partial charge on any atom is 0.323 e. The van der Waals surface area contributed by atoms with E-state index in [1.165, 1.54) is 0 Å². The summed E-state index contributed by atoms with van der Waals surface area (Å²) in [5.74, 6) is 6.10. The normalized spacial score (nSPS) is 12.6. The van der Waals surface area contributed by atoms with Crippen molar-refractivity contribution in [3.63, 3.8) is 0 Å². The Kier molecular flexibility index (Phi) is 7.10. The number of nitrogens with zero attached hydrogens (tertiary/aromatic N) is 3. The van der Waals surface area contributed by atoms with Gasteiger partial charge in [0.05, 0.1) is 12.2 Å². The van der Waals surface area contributed by atoms with Crippen LogP contribution in [0.25, 0.3) is 0 Å². The van der Waals surface area contributed by atoms with E-state index in [1.807, 2.05) is 13.8 Å². The summed E-state index contributed by atoms with van der Waals surface area (Å²) in [7, 11) is 0. The molecule has 0 saturated heterocycles. The number of hydrogen-bond donors (Lipinski definition) is 4. The SMILES string of the molecule is CCC(CC)C(O)CNc1nc(NN)nc(OC(C)C)n1. The van der Waals surface area contributed by atoms with E-state index in [0.717, 1.165) is 12.8 Å². The van der Waals surface area contributed by atoms with E-state index < -0.39 is 6.10 Å². The van der Waals surface area contributed by atoms with E-state index in [0.29, 0.717) is 12.5 Å². The molecule has 1 aromatic heterocycles. The number of nitrogens with two attached hydrogens (primary N) is 1. The molecule has 21 heavy (non-hydrogen) atoms. The van der Waals surface area contributed by atoms with E-state index in [1.54, 1.807) is 0 Å². The lowest BCUT2D eigenvalue weighted by molar-refractivity contribution is 0.114. The first-order valence-electron chi connectivity index (χ1n) is 7.31. The van der Waals surface area contributed by atoms with Gasteiger partial charge in [-0.25, -0.2) is 5.84 Å². The van der Waals surface area contributed by atoms with Gasteiger partial charge in [-0.15, -0.1) is 0 Å². The third-order valence-corrected chi connectivity index (χ3v) is 3.15. The number of hydrazine groups is 1. The zero-order valence-corrected chi connectivity index (χ0v) is 13.1. The van der Waals surface area contributed by atoms with Crippen molar-refractivity contribution in [1.29, 1.82) is 0 Å². The summed E-state index contributed by atoms with van der Waals surface area (Å²) in [5.41, 5.74) is 2.37. The Labute approximate surface area is 125 Å². The van der Waals surface area contributed by atoms with Gasteiger partial charge in [0.1, 0.15) is 0 Å². The number of nitrogen functional groups attached to an aromatic ring is 1. The fourth-order valence-corrected chi connectivity index (χ4v) is 1.96. The Balaban J connectivity index is 2.73.